The van der Waals surface area contributed by atoms with E-state index in [0.717, 1.165) is 12.2 Å². The minimum atomic E-state index is 1.05. The summed E-state index contributed by atoms with van der Waals surface area (Å²) in [5.41, 5.74) is 0. The number of nitrogens with one attached hydrogen (secondary N) is 1. The van der Waals surface area contributed by atoms with Gasteiger partial charge in [0.25, 0.3) is 0 Å². The molecule has 0 saturated carbocycles. The third-order valence-corrected chi connectivity index (χ3v) is 1.30. The van der Waals surface area contributed by atoms with Crippen LogP contribution in [0.15, 0.2) is 16.8 Å². The molecule has 1 rings (SSSR count). The second-order valence-corrected chi connectivity index (χ2v) is 2.12. The van der Waals surface area contributed by atoms with Gasteiger partial charge >= 0.3 is 0 Å². The van der Waals surface area contributed by atoms with Crippen LogP contribution >= 0.6 is 0 Å². The predicted octanol–water partition coefficient (Wildman–Crippen LogP) is 1.44. The maximum Gasteiger partial charge on any atom is 0.217 e. The molecule has 0 aliphatic heterocycles. The molecule has 50 valence electrons. The Labute approximate surface area is 54.9 Å². The lowest BCUT2D eigenvalue weighted by atomic mass is 10.2. The lowest BCUT2D eigenvalue weighted by Crippen LogP contribution is -1.90. The molecule has 2 heteroatoms. The van der Waals surface area contributed by atoms with Crippen molar-refractivity contribution in [2.24, 2.45) is 0 Å². The van der Waals surface area contributed by atoms with E-state index in [-0.39, 0.29) is 0 Å². The fourth-order valence-electron chi connectivity index (χ4n) is 0.756. The zero-order valence-electron chi connectivity index (χ0n) is 5.68. The van der Waals surface area contributed by atoms with E-state index in [2.05, 4.69) is 12.1 Å². The summed E-state index contributed by atoms with van der Waals surface area (Å²) in [6.45, 7) is 2.17. The molecule has 0 aliphatic carbocycles. The average molecular weight is 126 g/mol. The molecule has 0 spiro atoms. The second-order valence-electron chi connectivity index (χ2n) is 2.12. The number of hydrogen-bond acceptors (Lipinski definition) is 1. The molecule has 0 unspecified atom stereocenters. The summed E-state index contributed by atoms with van der Waals surface area (Å²) in [6.07, 6.45) is 5.30. The summed E-state index contributed by atoms with van der Waals surface area (Å²) in [5, 5.41) is 2.66. The van der Waals surface area contributed by atoms with Gasteiger partial charge in [0, 0.05) is 6.42 Å². The highest BCUT2D eigenvalue weighted by Crippen LogP contribution is 1.99. The highest BCUT2D eigenvalue weighted by molar-refractivity contribution is 4.89. The van der Waals surface area contributed by atoms with Crippen molar-refractivity contribution < 1.29 is 9.68 Å². The van der Waals surface area contributed by atoms with Crippen molar-refractivity contribution in [3.8, 4) is 0 Å². The quantitative estimate of drug-likeness (QED) is 0.602. The van der Waals surface area contributed by atoms with Gasteiger partial charge in [-0.05, 0) is 11.6 Å². The third kappa shape index (κ3) is 1.88. The standard InChI is InChI=1S/C7H11NO/c1-2-3-4-7-5-6-8-9-7/h5-6H,2-4H2,1H3/p+1. The number of hydrogen-bond donors (Lipinski definition) is 0. The Kier molecular flexibility index (Phi) is 2.31. The molecule has 0 fully saturated rings. The molecule has 1 aromatic heterocycles. The van der Waals surface area contributed by atoms with Gasteiger partial charge in [-0.15, -0.1) is 0 Å². The molecule has 0 atom stereocenters. The molecular formula is C7H12NO+. The normalized spacial score (nSPS) is 9.89. The van der Waals surface area contributed by atoms with Gasteiger partial charge < -0.3 is 0 Å². The van der Waals surface area contributed by atoms with E-state index in [0.29, 0.717) is 0 Å². The van der Waals surface area contributed by atoms with Crippen molar-refractivity contribution in [3.63, 3.8) is 0 Å². The van der Waals surface area contributed by atoms with Crippen LogP contribution in [0.2, 0.25) is 0 Å². The third-order valence-electron chi connectivity index (χ3n) is 1.30. The summed E-state index contributed by atoms with van der Waals surface area (Å²) >= 11 is 0. The van der Waals surface area contributed by atoms with Crippen LogP contribution in [0.25, 0.3) is 0 Å². The van der Waals surface area contributed by atoms with Gasteiger partial charge in [-0.25, -0.2) is 4.52 Å². The molecule has 0 amide bonds. The van der Waals surface area contributed by atoms with Crippen LogP contribution in [0.4, 0.5) is 0 Å². The van der Waals surface area contributed by atoms with Crippen molar-refractivity contribution in [2.75, 3.05) is 0 Å². The fraction of sp³-hybridized carbons (Fsp3) is 0.571. The van der Waals surface area contributed by atoms with Crippen LogP contribution < -0.4 is 5.16 Å². The largest absolute Gasteiger partial charge is 0.244 e. The Morgan fingerprint density at radius 2 is 2.56 bits per heavy atom. The number of H-pyrrole nitrogens is 1. The summed E-state index contributed by atoms with van der Waals surface area (Å²) in [4.78, 5) is 0. The van der Waals surface area contributed by atoms with Crippen molar-refractivity contribution in [2.45, 2.75) is 26.2 Å². The maximum atomic E-state index is 5.01. The minimum absolute atomic E-state index is 1.05. The molecule has 1 N–H and O–H groups in total. The first kappa shape index (κ1) is 6.33. The SMILES string of the molecule is CCCCc1cc[nH+]o1. The van der Waals surface area contributed by atoms with Crippen LogP contribution in [-0.2, 0) is 6.42 Å². The maximum absolute atomic E-state index is 5.01. The van der Waals surface area contributed by atoms with Crippen molar-refractivity contribution in [1.82, 2.24) is 0 Å². The molecule has 0 radical (unpaired) electrons. The average Bonchev–Trinajstić information content (AvgIpc) is 2.34. The van der Waals surface area contributed by atoms with Gasteiger partial charge in [-0.2, -0.15) is 0 Å². The Morgan fingerprint density at radius 1 is 1.67 bits per heavy atom. The van der Waals surface area contributed by atoms with E-state index in [1.807, 2.05) is 12.3 Å². The van der Waals surface area contributed by atoms with Crippen LogP contribution in [0.3, 0.4) is 0 Å². The highest BCUT2D eigenvalue weighted by atomic mass is 16.5. The summed E-state index contributed by atoms with van der Waals surface area (Å²) < 4.78 is 5.01. The first-order chi connectivity index (χ1) is 4.43. The molecule has 9 heavy (non-hydrogen) atoms. The van der Waals surface area contributed by atoms with Gasteiger partial charge in [0.2, 0.25) is 6.20 Å². The molecule has 0 saturated heterocycles. The number of unbranched alkanes of at least 4 members (excludes halogenated alkanes) is 1. The van der Waals surface area contributed by atoms with Gasteiger partial charge in [-0.3, -0.25) is 0 Å². The Balaban J connectivity index is 2.30. The van der Waals surface area contributed by atoms with E-state index >= 15 is 0 Å². The van der Waals surface area contributed by atoms with Gasteiger partial charge in [0.1, 0.15) is 0 Å². The van der Waals surface area contributed by atoms with Crippen molar-refractivity contribution in [3.05, 3.63) is 18.0 Å². The first-order valence-electron chi connectivity index (χ1n) is 3.38. The van der Waals surface area contributed by atoms with Crippen molar-refractivity contribution >= 4 is 0 Å². The van der Waals surface area contributed by atoms with Gasteiger partial charge in [0.05, 0.1) is 6.07 Å². The highest BCUT2D eigenvalue weighted by Gasteiger charge is 1.97. The first-order valence-corrected chi connectivity index (χ1v) is 3.38. The Morgan fingerprint density at radius 3 is 3.11 bits per heavy atom. The van der Waals surface area contributed by atoms with E-state index in [4.69, 9.17) is 4.52 Å². The van der Waals surface area contributed by atoms with Gasteiger partial charge in [-0.1, -0.05) is 13.3 Å². The Bertz CT molecular complexity index is 146. The topological polar surface area (TPSA) is 27.3 Å². The summed E-state index contributed by atoms with van der Waals surface area (Å²) in [6, 6.07) is 1.97. The van der Waals surface area contributed by atoms with Crippen LogP contribution in [0.1, 0.15) is 25.5 Å². The zero-order valence-corrected chi connectivity index (χ0v) is 5.68. The smallest absolute Gasteiger partial charge is 0.217 e. The summed E-state index contributed by atoms with van der Waals surface area (Å²) in [7, 11) is 0. The summed E-state index contributed by atoms with van der Waals surface area (Å²) in [5.74, 6) is 1.05. The lowest BCUT2D eigenvalue weighted by Gasteiger charge is -1.85. The Hall–Kier alpha value is -0.790. The van der Waals surface area contributed by atoms with E-state index in [1.165, 1.54) is 12.8 Å². The molecule has 1 heterocycles. The molecule has 0 bridgehead atoms. The second kappa shape index (κ2) is 3.28. The van der Waals surface area contributed by atoms with Crippen LogP contribution in [0.5, 0.6) is 0 Å². The molecule has 0 aromatic carbocycles. The zero-order chi connectivity index (χ0) is 6.53. The van der Waals surface area contributed by atoms with Crippen LogP contribution in [0, 0.1) is 0 Å². The van der Waals surface area contributed by atoms with E-state index < -0.39 is 0 Å². The van der Waals surface area contributed by atoms with E-state index in [1.54, 1.807) is 0 Å². The molecule has 0 aliphatic rings. The molecule has 1 aromatic rings. The number of rotatable bonds is 3. The number of aromatic amines is 1. The lowest BCUT2D eigenvalue weighted by molar-refractivity contribution is -0.610. The molecule has 2 nitrogen and oxygen atoms in total. The fourth-order valence-corrected chi connectivity index (χ4v) is 0.756. The monoisotopic (exact) mass is 126 g/mol. The van der Waals surface area contributed by atoms with Gasteiger partial charge in [0.15, 0.2) is 5.76 Å². The van der Waals surface area contributed by atoms with Crippen LogP contribution in [-0.4, -0.2) is 0 Å². The number of aromatic nitrogens is 1. The van der Waals surface area contributed by atoms with Crippen molar-refractivity contribution in [1.29, 1.82) is 0 Å². The minimum Gasteiger partial charge on any atom is -0.244 e. The number of aryl methyl sites for hydroxylation is 1. The predicted molar refractivity (Wildman–Crippen MR) is 33.9 cm³/mol. The van der Waals surface area contributed by atoms with E-state index in [9.17, 15) is 0 Å². The molecular weight excluding hydrogens is 114 g/mol.